The number of hydrogen-bond acceptors (Lipinski definition) is 5. The van der Waals surface area contributed by atoms with Gasteiger partial charge in [-0.1, -0.05) is 30.3 Å². The molecule has 176 valence electrons. The van der Waals surface area contributed by atoms with Crippen LogP contribution in [0.15, 0.2) is 84.6 Å². The summed E-state index contributed by atoms with van der Waals surface area (Å²) in [6.45, 7) is 0. The first kappa shape index (κ1) is 22.3. The first-order chi connectivity index (χ1) is 17.0. The van der Waals surface area contributed by atoms with E-state index in [1.165, 1.54) is 12.0 Å². The highest BCUT2D eigenvalue weighted by atomic mass is 16.5. The predicted octanol–water partition coefficient (Wildman–Crippen LogP) is 4.82. The largest absolute Gasteiger partial charge is 0.507 e. The lowest BCUT2D eigenvalue weighted by atomic mass is 9.94. The number of rotatable bonds is 5. The van der Waals surface area contributed by atoms with Crippen LogP contribution in [0.4, 0.5) is 5.69 Å². The molecule has 1 fully saturated rings. The van der Waals surface area contributed by atoms with E-state index < -0.39 is 17.7 Å². The Kier molecular flexibility index (Phi) is 5.53. The molecule has 0 spiro atoms. The fourth-order valence-corrected chi connectivity index (χ4v) is 4.71. The Balaban J connectivity index is 1.80. The van der Waals surface area contributed by atoms with Gasteiger partial charge in [0.2, 0.25) is 0 Å². The van der Waals surface area contributed by atoms with Crippen LogP contribution in [0.25, 0.3) is 16.7 Å². The summed E-state index contributed by atoms with van der Waals surface area (Å²) in [5.41, 5.74) is 2.54. The zero-order chi connectivity index (χ0) is 24.7. The van der Waals surface area contributed by atoms with Crippen molar-refractivity contribution in [3.05, 3.63) is 95.7 Å². The van der Waals surface area contributed by atoms with Crippen molar-refractivity contribution in [1.82, 2.24) is 4.57 Å². The number of aliphatic hydroxyl groups is 1. The Hall–Kier alpha value is -4.52. The van der Waals surface area contributed by atoms with Gasteiger partial charge in [0.05, 0.1) is 31.4 Å². The SMILES string of the molecule is COc1ccc(N2C(=O)C(=O)/C(=C(/O)c3ccccc3OC)C2c2cn(C)c3ccccc23)cc1. The normalized spacial score (nSPS) is 17.2. The van der Waals surface area contributed by atoms with E-state index in [0.29, 0.717) is 22.7 Å². The van der Waals surface area contributed by atoms with Crippen molar-refractivity contribution in [2.45, 2.75) is 6.04 Å². The molecule has 0 aliphatic carbocycles. The quantitative estimate of drug-likeness (QED) is 0.258. The molecule has 5 rings (SSSR count). The number of aromatic nitrogens is 1. The van der Waals surface area contributed by atoms with Gasteiger partial charge in [-0.15, -0.1) is 0 Å². The maximum atomic E-state index is 13.5. The van der Waals surface area contributed by atoms with E-state index in [1.807, 2.05) is 42.1 Å². The first-order valence-corrected chi connectivity index (χ1v) is 11.1. The smallest absolute Gasteiger partial charge is 0.300 e. The van der Waals surface area contributed by atoms with Crippen LogP contribution in [0, 0.1) is 0 Å². The van der Waals surface area contributed by atoms with Crippen LogP contribution in [-0.2, 0) is 16.6 Å². The zero-order valence-corrected chi connectivity index (χ0v) is 19.6. The summed E-state index contributed by atoms with van der Waals surface area (Å²) < 4.78 is 12.6. The molecule has 1 amide bonds. The molecule has 1 N–H and O–H groups in total. The van der Waals surface area contributed by atoms with Crippen LogP contribution in [0.2, 0.25) is 0 Å². The molecule has 1 aliphatic rings. The van der Waals surface area contributed by atoms with E-state index >= 15 is 0 Å². The second kappa shape index (κ2) is 8.68. The molecule has 35 heavy (non-hydrogen) atoms. The van der Waals surface area contributed by atoms with E-state index in [0.717, 1.165) is 16.5 Å². The number of benzene rings is 3. The molecule has 4 aromatic rings. The van der Waals surface area contributed by atoms with Crippen LogP contribution < -0.4 is 14.4 Å². The van der Waals surface area contributed by atoms with Crippen LogP contribution in [0.3, 0.4) is 0 Å². The maximum absolute atomic E-state index is 13.5. The number of anilines is 1. The second-order valence-electron chi connectivity index (χ2n) is 8.28. The average molecular weight is 469 g/mol. The topological polar surface area (TPSA) is 81.0 Å². The highest BCUT2D eigenvalue weighted by Gasteiger charge is 2.48. The van der Waals surface area contributed by atoms with Crippen LogP contribution >= 0.6 is 0 Å². The fourth-order valence-electron chi connectivity index (χ4n) is 4.71. The number of para-hydroxylation sites is 2. The maximum Gasteiger partial charge on any atom is 0.300 e. The molecule has 7 nitrogen and oxygen atoms in total. The lowest BCUT2D eigenvalue weighted by molar-refractivity contribution is -0.132. The number of fused-ring (bicyclic) bond motifs is 1. The van der Waals surface area contributed by atoms with E-state index in [9.17, 15) is 14.7 Å². The number of Topliss-reactive ketones (excluding diaryl/α,β-unsaturated/α-hetero) is 1. The molecule has 1 aliphatic heterocycles. The van der Waals surface area contributed by atoms with Crippen molar-refractivity contribution in [3.63, 3.8) is 0 Å². The lowest BCUT2D eigenvalue weighted by Gasteiger charge is -2.25. The fraction of sp³-hybridized carbons (Fsp3) is 0.143. The van der Waals surface area contributed by atoms with Gasteiger partial charge in [0.1, 0.15) is 17.3 Å². The van der Waals surface area contributed by atoms with Crippen LogP contribution in [0.5, 0.6) is 11.5 Å². The van der Waals surface area contributed by atoms with E-state index in [-0.39, 0.29) is 11.3 Å². The Labute approximate surface area is 202 Å². The molecule has 1 unspecified atom stereocenters. The van der Waals surface area contributed by atoms with Gasteiger partial charge in [-0.3, -0.25) is 14.5 Å². The number of aryl methyl sites for hydroxylation is 1. The molecule has 1 atom stereocenters. The third kappa shape index (κ3) is 3.52. The van der Waals surface area contributed by atoms with Gasteiger partial charge in [-0.2, -0.15) is 0 Å². The van der Waals surface area contributed by atoms with E-state index in [1.54, 1.807) is 55.6 Å². The third-order valence-electron chi connectivity index (χ3n) is 6.38. The number of carbonyl (C=O) groups excluding carboxylic acids is 2. The number of methoxy groups -OCH3 is 2. The summed E-state index contributed by atoms with van der Waals surface area (Å²) in [6.07, 6.45) is 1.90. The highest BCUT2D eigenvalue weighted by Crippen LogP contribution is 2.45. The predicted molar refractivity (Wildman–Crippen MR) is 134 cm³/mol. The first-order valence-electron chi connectivity index (χ1n) is 11.1. The van der Waals surface area contributed by atoms with Gasteiger partial charge >= 0.3 is 0 Å². The number of nitrogens with zero attached hydrogens (tertiary/aromatic N) is 2. The van der Waals surface area contributed by atoms with E-state index in [2.05, 4.69) is 0 Å². The summed E-state index contributed by atoms with van der Waals surface area (Å²) in [6, 6.07) is 20.7. The molecule has 7 heteroatoms. The van der Waals surface area contributed by atoms with Crippen LogP contribution in [0.1, 0.15) is 17.2 Å². The second-order valence-corrected chi connectivity index (χ2v) is 8.28. The molecule has 1 aromatic heterocycles. The van der Waals surface area contributed by atoms with E-state index in [4.69, 9.17) is 9.47 Å². The van der Waals surface area contributed by atoms with Crippen LogP contribution in [-0.4, -0.2) is 35.6 Å². The Bertz CT molecular complexity index is 1480. The Morgan fingerprint density at radius 3 is 2.29 bits per heavy atom. The zero-order valence-electron chi connectivity index (χ0n) is 19.6. The van der Waals surface area contributed by atoms with Gasteiger partial charge in [-0.25, -0.2) is 0 Å². The molecule has 0 saturated carbocycles. The number of aliphatic hydroxyl groups excluding tert-OH is 1. The van der Waals surface area contributed by atoms with Crippen molar-refractivity contribution in [3.8, 4) is 11.5 Å². The van der Waals surface area contributed by atoms with Crippen molar-refractivity contribution < 1.29 is 24.2 Å². The molecular weight excluding hydrogens is 444 g/mol. The van der Waals surface area contributed by atoms with Gasteiger partial charge < -0.3 is 19.1 Å². The molecule has 1 saturated heterocycles. The summed E-state index contributed by atoms with van der Waals surface area (Å²) in [5.74, 6) is -0.736. The van der Waals surface area contributed by atoms with Crippen molar-refractivity contribution in [2.24, 2.45) is 7.05 Å². The Morgan fingerprint density at radius 2 is 1.57 bits per heavy atom. The molecule has 0 radical (unpaired) electrons. The molecule has 0 bridgehead atoms. The summed E-state index contributed by atoms with van der Waals surface area (Å²) >= 11 is 0. The highest BCUT2D eigenvalue weighted by molar-refractivity contribution is 6.52. The number of ketones is 1. The van der Waals surface area contributed by atoms with Gasteiger partial charge in [0.15, 0.2) is 0 Å². The Morgan fingerprint density at radius 1 is 0.886 bits per heavy atom. The number of amides is 1. The third-order valence-corrected chi connectivity index (χ3v) is 6.38. The molecule has 3 aromatic carbocycles. The monoisotopic (exact) mass is 468 g/mol. The minimum absolute atomic E-state index is 0.00618. The molecular formula is C28H24N2O5. The van der Waals surface area contributed by atoms with Gasteiger partial charge in [0, 0.05) is 35.4 Å². The van der Waals surface area contributed by atoms with Crippen molar-refractivity contribution in [1.29, 1.82) is 0 Å². The minimum atomic E-state index is -0.848. The number of ether oxygens (including phenoxy) is 2. The van der Waals surface area contributed by atoms with Gasteiger partial charge in [0.25, 0.3) is 11.7 Å². The van der Waals surface area contributed by atoms with Crippen molar-refractivity contribution in [2.75, 3.05) is 19.1 Å². The van der Waals surface area contributed by atoms with Gasteiger partial charge in [-0.05, 0) is 42.5 Å². The lowest BCUT2D eigenvalue weighted by Crippen LogP contribution is -2.29. The average Bonchev–Trinajstić information content (AvgIpc) is 3.37. The van der Waals surface area contributed by atoms with Crippen molar-refractivity contribution >= 4 is 34.0 Å². The number of carbonyl (C=O) groups is 2. The summed E-state index contributed by atoms with van der Waals surface area (Å²) in [7, 11) is 4.96. The summed E-state index contributed by atoms with van der Waals surface area (Å²) in [5, 5.41) is 12.3. The minimum Gasteiger partial charge on any atom is -0.507 e. The number of hydrogen-bond donors (Lipinski definition) is 1. The standard InChI is InChI=1S/C28H24N2O5/c1-29-16-21(19-8-4-6-10-22(19)29)25-24(26(31)20-9-5-7-11-23(20)35-3)27(32)28(33)30(25)17-12-14-18(34-2)15-13-17/h4-16,25,31H,1-3H3/b26-24+. The molecule has 2 heterocycles. The summed E-state index contributed by atoms with van der Waals surface area (Å²) in [4.78, 5) is 28.4.